The lowest BCUT2D eigenvalue weighted by atomic mass is 9.96. The van der Waals surface area contributed by atoms with E-state index in [0.29, 0.717) is 0 Å². The number of hydrogen-bond donors (Lipinski definition) is 2. The average Bonchev–Trinajstić information content (AvgIpc) is 3.07. The van der Waals surface area contributed by atoms with Gasteiger partial charge in [0.05, 0.1) is 0 Å². The third-order valence-electron chi connectivity index (χ3n) is 7.72. The van der Waals surface area contributed by atoms with Gasteiger partial charge in [0.25, 0.3) is 0 Å². The maximum absolute atomic E-state index is 14.0. The minimum atomic E-state index is -1.79. The fourth-order valence-electron chi connectivity index (χ4n) is 5.81. The Bertz CT molecular complexity index is 1660. The van der Waals surface area contributed by atoms with Gasteiger partial charge in [0.1, 0.15) is 48.8 Å². The minimum Gasteiger partial charge on any atom is -0.463 e. The lowest BCUT2D eigenvalue weighted by Crippen LogP contribution is -2.67. The SMILES string of the molecule is CC(=O)N[C@@H]1[C@H](Oc2ccccc2C(=O)O[C@@H]2O[C@H](COC(C)=O)[C@@H](OC(C)=O)[C@H](OC(C)=O)[C@@H]2NC(C)=O)O[C@H](COC(C)=O)[C@H](OC(C)=O)[C@@H]1OC(C)=O. The molecular weight excluding hydrogens is 752 g/mol. The van der Waals surface area contributed by atoms with Gasteiger partial charge in [-0.25, -0.2) is 4.79 Å². The van der Waals surface area contributed by atoms with E-state index in [1.807, 2.05) is 0 Å². The zero-order valence-corrected chi connectivity index (χ0v) is 31.8. The molecule has 2 fully saturated rings. The molecule has 21 heteroatoms. The summed E-state index contributed by atoms with van der Waals surface area (Å²) in [6, 6.07) is 2.53. The lowest BCUT2D eigenvalue weighted by molar-refractivity contribution is -0.264. The van der Waals surface area contributed by atoms with Crippen molar-refractivity contribution in [1.82, 2.24) is 10.6 Å². The summed E-state index contributed by atoms with van der Waals surface area (Å²) in [5.41, 5.74) is -0.312. The molecule has 2 aliphatic heterocycles. The van der Waals surface area contributed by atoms with Gasteiger partial charge in [-0.1, -0.05) is 12.1 Å². The summed E-state index contributed by atoms with van der Waals surface area (Å²) >= 11 is 0. The summed E-state index contributed by atoms with van der Waals surface area (Å²) in [5.74, 6) is -7.68. The number of para-hydroxylation sites is 1. The monoisotopic (exact) mass is 796 g/mol. The van der Waals surface area contributed by atoms with Gasteiger partial charge in [0, 0.05) is 55.4 Å². The molecule has 2 aliphatic rings. The molecule has 2 saturated heterocycles. The molecule has 0 aliphatic carbocycles. The summed E-state index contributed by atoms with van der Waals surface area (Å²) in [6.45, 7) is 7.58. The van der Waals surface area contributed by atoms with Gasteiger partial charge in [-0.3, -0.25) is 38.4 Å². The van der Waals surface area contributed by atoms with Crippen LogP contribution in [0.3, 0.4) is 0 Å². The van der Waals surface area contributed by atoms with E-state index in [0.717, 1.165) is 55.4 Å². The largest absolute Gasteiger partial charge is 0.463 e. The highest BCUT2D eigenvalue weighted by Gasteiger charge is 2.54. The summed E-state index contributed by atoms with van der Waals surface area (Å²) < 4.78 is 55.7. The Hall–Kier alpha value is -5.83. The van der Waals surface area contributed by atoms with Crippen molar-refractivity contribution in [2.45, 2.75) is 117 Å². The molecule has 2 amide bonds. The van der Waals surface area contributed by atoms with Crippen molar-refractivity contribution in [3.8, 4) is 5.75 Å². The average molecular weight is 797 g/mol. The van der Waals surface area contributed by atoms with Gasteiger partial charge in [0.15, 0.2) is 24.4 Å². The molecule has 1 aromatic carbocycles. The van der Waals surface area contributed by atoms with Gasteiger partial charge >= 0.3 is 41.8 Å². The molecule has 10 atom stereocenters. The number of nitrogens with one attached hydrogen (secondary N) is 2. The number of amides is 2. The van der Waals surface area contributed by atoms with Crippen LogP contribution in [0.25, 0.3) is 0 Å². The molecule has 0 saturated carbocycles. The second kappa shape index (κ2) is 20.2. The lowest BCUT2D eigenvalue weighted by Gasteiger charge is -2.45. The number of esters is 7. The molecule has 0 spiro atoms. The number of carbonyl (C=O) groups excluding carboxylic acids is 9. The topological polar surface area (TPSA) is 270 Å². The molecule has 308 valence electrons. The number of ether oxygens (including phenoxy) is 10. The van der Waals surface area contributed by atoms with Crippen molar-refractivity contribution in [3.05, 3.63) is 29.8 Å². The Morgan fingerprint density at radius 1 is 0.518 bits per heavy atom. The smallest absolute Gasteiger partial charge is 0.344 e. The summed E-state index contributed by atoms with van der Waals surface area (Å²) in [5, 5.41) is 5.02. The van der Waals surface area contributed by atoms with Crippen LogP contribution in [0.5, 0.6) is 5.75 Å². The maximum Gasteiger partial charge on any atom is 0.344 e. The third kappa shape index (κ3) is 12.9. The van der Waals surface area contributed by atoms with Crippen molar-refractivity contribution in [2.24, 2.45) is 0 Å². The molecule has 0 aromatic heterocycles. The van der Waals surface area contributed by atoms with E-state index >= 15 is 0 Å². The highest BCUT2D eigenvalue weighted by atomic mass is 16.7. The number of benzene rings is 1. The maximum atomic E-state index is 14.0. The van der Waals surface area contributed by atoms with E-state index in [9.17, 15) is 43.2 Å². The molecule has 2 N–H and O–H groups in total. The Morgan fingerprint density at radius 2 is 0.911 bits per heavy atom. The fourth-order valence-corrected chi connectivity index (χ4v) is 5.81. The minimum absolute atomic E-state index is 0.255. The van der Waals surface area contributed by atoms with Crippen molar-refractivity contribution in [3.63, 3.8) is 0 Å². The Labute approximate surface area is 320 Å². The first-order valence-electron chi connectivity index (χ1n) is 17.0. The molecule has 3 rings (SSSR count). The van der Waals surface area contributed by atoms with E-state index in [1.165, 1.54) is 24.3 Å². The van der Waals surface area contributed by atoms with E-state index in [2.05, 4.69) is 10.6 Å². The zero-order chi connectivity index (χ0) is 41.9. The van der Waals surface area contributed by atoms with Crippen LogP contribution in [0.1, 0.15) is 65.7 Å². The van der Waals surface area contributed by atoms with Crippen molar-refractivity contribution < 1.29 is 90.5 Å². The molecule has 1 aromatic rings. The highest BCUT2D eigenvalue weighted by molar-refractivity contribution is 5.92. The van der Waals surface area contributed by atoms with Gasteiger partial charge < -0.3 is 58.0 Å². The molecule has 0 bridgehead atoms. The normalized spacial score (nSPS) is 26.9. The number of carbonyl (C=O) groups is 9. The van der Waals surface area contributed by atoms with Crippen LogP contribution in [0.4, 0.5) is 0 Å². The van der Waals surface area contributed by atoms with Crippen LogP contribution in [-0.2, 0) is 81.0 Å². The fraction of sp³-hybridized carbons (Fsp3) is 0.571. The molecular formula is C35H44N2O19. The second-order valence-electron chi connectivity index (χ2n) is 12.5. The number of rotatable bonds is 14. The van der Waals surface area contributed by atoms with Gasteiger partial charge in [-0.15, -0.1) is 0 Å². The Balaban J connectivity index is 2.07. The van der Waals surface area contributed by atoms with E-state index < -0.39 is 128 Å². The predicted octanol–water partition coefficient (Wildman–Crippen LogP) is -0.466. The number of hydrogen-bond acceptors (Lipinski definition) is 19. The second-order valence-corrected chi connectivity index (χ2v) is 12.5. The predicted molar refractivity (Wildman–Crippen MR) is 180 cm³/mol. The summed E-state index contributed by atoms with van der Waals surface area (Å²) in [6.07, 6.45) is -12.1. The third-order valence-corrected chi connectivity index (χ3v) is 7.72. The van der Waals surface area contributed by atoms with Crippen molar-refractivity contribution >= 4 is 53.6 Å². The summed E-state index contributed by atoms with van der Waals surface area (Å²) in [7, 11) is 0. The molecule has 21 nitrogen and oxygen atoms in total. The standard InChI is InChI=1S/C35H44N2O19/c1-15(38)36-27-31(51-21(7)44)29(49-19(5)42)25(13-47-17(3)40)54-34(27)53-24-12-10-9-11-23(24)33(46)56-35-28(37-16(2)39)32(52-22(8)45)30(50-20(6)43)26(55-35)14-48-18(4)41/h9-12,25-32,34-35H,13-14H2,1-8H3,(H,36,38)(H,37,39)/t25-,26-,27+,28+,29+,30-,31-,32-,34-,35+/m1/s1. The van der Waals surface area contributed by atoms with Crippen LogP contribution in [-0.4, -0.2) is 128 Å². The van der Waals surface area contributed by atoms with E-state index in [1.54, 1.807) is 0 Å². The van der Waals surface area contributed by atoms with E-state index in [-0.39, 0.29) is 11.3 Å². The quantitative estimate of drug-likeness (QED) is 0.178. The Morgan fingerprint density at radius 3 is 1.32 bits per heavy atom. The van der Waals surface area contributed by atoms with E-state index in [4.69, 9.17) is 47.4 Å². The summed E-state index contributed by atoms with van der Waals surface area (Å²) in [4.78, 5) is 111. The molecule has 0 radical (unpaired) electrons. The first kappa shape index (κ1) is 44.6. The first-order valence-corrected chi connectivity index (χ1v) is 17.0. The van der Waals surface area contributed by atoms with Crippen LogP contribution in [0.15, 0.2) is 24.3 Å². The zero-order valence-electron chi connectivity index (χ0n) is 31.8. The highest BCUT2D eigenvalue weighted by Crippen LogP contribution is 2.33. The first-order chi connectivity index (χ1) is 26.3. The Kier molecular flexibility index (Phi) is 16.1. The van der Waals surface area contributed by atoms with Crippen LogP contribution in [0, 0.1) is 0 Å². The molecule has 2 heterocycles. The van der Waals surface area contributed by atoms with Gasteiger partial charge in [0.2, 0.25) is 24.4 Å². The van der Waals surface area contributed by atoms with Gasteiger partial charge in [-0.05, 0) is 12.1 Å². The molecule has 0 unspecified atom stereocenters. The van der Waals surface area contributed by atoms with Crippen molar-refractivity contribution in [2.75, 3.05) is 13.2 Å². The molecule has 56 heavy (non-hydrogen) atoms. The van der Waals surface area contributed by atoms with Crippen LogP contribution >= 0.6 is 0 Å². The van der Waals surface area contributed by atoms with Crippen molar-refractivity contribution in [1.29, 1.82) is 0 Å². The van der Waals surface area contributed by atoms with Gasteiger partial charge in [-0.2, -0.15) is 0 Å². The van der Waals surface area contributed by atoms with Crippen LogP contribution < -0.4 is 15.4 Å². The van der Waals surface area contributed by atoms with Crippen LogP contribution in [0.2, 0.25) is 0 Å².